The second-order valence-corrected chi connectivity index (χ2v) is 5.82. The molecular formula is C13H21N3O. The lowest BCUT2D eigenvalue weighted by Gasteiger charge is -2.33. The van der Waals surface area contributed by atoms with Crippen LogP contribution in [0.5, 0.6) is 0 Å². The van der Waals surface area contributed by atoms with Gasteiger partial charge in [0.15, 0.2) is 5.82 Å². The van der Waals surface area contributed by atoms with Crippen molar-refractivity contribution in [2.45, 2.75) is 69.9 Å². The molecule has 2 aliphatic carbocycles. The van der Waals surface area contributed by atoms with Gasteiger partial charge in [-0.05, 0) is 25.7 Å². The number of aliphatic hydroxyl groups excluding tert-OH is 1. The first-order valence-electron chi connectivity index (χ1n) is 6.80. The van der Waals surface area contributed by atoms with E-state index in [-0.39, 0.29) is 12.0 Å². The Hall–Kier alpha value is -0.900. The van der Waals surface area contributed by atoms with E-state index in [9.17, 15) is 5.11 Å². The third-order valence-corrected chi connectivity index (χ3v) is 4.32. The summed E-state index contributed by atoms with van der Waals surface area (Å²) in [6, 6.07) is 0.556. The maximum atomic E-state index is 9.37. The van der Waals surface area contributed by atoms with Crippen molar-refractivity contribution in [3.05, 3.63) is 11.6 Å². The quantitative estimate of drug-likeness (QED) is 0.874. The van der Waals surface area contributed by atoms with Crippen molar-refractivity contribution < 1.29 is 5.11 Å². The highest BCUT2D eigenvalue weighted by molar-refractivity contribution is 5.13. The highest BCUT2D eigenvalue weighted by atomic mass is 16.3. The van der Waals surface area contributed by atoms with Gasteiger partial charge in [-0.25, -0.2) is 0 Å². The average Bonchev–Trinajstić information content (AvgIpc) is 3.08. The maximum Gasteiger partial charge on any atom is 0.159 e. The first-order chi connectivity index (χ1) is 8.24. The summed E-state index contributed by atoms with van der Waals surface area (Å²) in [5.41, 5.74) is 0.182. The predicted octanol–water partition coefficient (Wildman–Crippen LogP) is 2.33. The standard InChI is InChI=1S/C13H21N3O/c1-13(7-3-2-4-8-13)12-15-14-11(9-17)16(12)10-5-6-10/h10,17H,2-9H2,1H3. The van der Waals surface area contributed by atoms with Gasteiger partial charge in [-0.2, -0.15) is 0 Å². The lowest BCUT2D eigenvalue weighted by molar-refractivity contribution is 0.258. The summed E-state index contributed by atoms with van der Waals surface area (Å²) < 4.78 is 2.23. The Morgan fingerprint density at radius 2 is 1.94 bits per heavy atom. The predicted molar refractivity (Wildman–Crippen MR) is 64.7 cm³/mol. The summed E-state index contributed by atoms with van der Waals surface area (Å²) in [5, 5.41) is 17.9. The second-order valence-electron chi connectivity index (χ2n) is 5.82. The highest BCUT2D eigenvalue weighted by Crippen LogP contribution is 2.43. The molecule has 0 aromatic carbocycles. The fourth-order valence-electron chi connectivity index (χ4n) is 3.12. The molecule has 1 heterocycles. The van der Waals surface area contributed by atoms with Crippen LogP contribution in [0.15, 0.2) is 0 Å². The van der Waals surface area contributed by atoms with E-state index in [1.54, 1.807) is 0 Å². The van der Waals surface area contributed by atoms with Crippen molar-refractivity contribution in [2.24, 2.45) is 0 Å². The molecule has 2 fully saturated rings. The number of nitrogens with zero attached hydrogens (tertiary/aromatic N) is 3. The molecule has 4 heteroatoms. The fourth-order valence-corrected chi connectivity index (χ4v) is 3.12. The molecule has 0 atom stereocenters. The van der Waals surface area contributed by atoms with Gasteiger partial charge in [-0.1, -0.05) is 26.2 Å². The summed E-state index contributed by atoms with van der Waals surface area (Å²) in [6.07, 6.45) is 8.79. The van der Waals surface area contributed by atoms with E-state index in [1.807, 2.05) is 0 Å². The third kappa shape index (κ3) is 1.88. The Balaban J connectivity index is 1.98. The Morgan fingerprint density at radius 3 is 2.53 bits per heavy atom. The smallest absolute Gasteiger partial charge is 0.159 e. The molecule has 0 amide bonds. The van der Waals surface area contributed by atoms with E-state index in [0.717, 1.165) is 11.6 Å². The van der Waals surface area contributed by atoms with Crippen molar-refractivity contribution in [1.82, 2.24) is 14.8 Å². The number of hydrogen-bond acceptors (Lipinski definition) is 3. The number of hydrogen-bond donors (Lipinski definition) is 1. The summed E-state index contributed by atoms with van der Waals surface area (Å²) in [5.74, 6) is 1.89. The van der Waals surface area contributed by atoms with Gasteiger partial charge < -0.3 is 9.67 Å². The Bertz CT molecular complexity index is 403. The van der Waals surface area contributed by atoms with E-state index in [4.69, 9.17) is 0 Å². The van der Waals surface area contributed by atoms with Gasteiger partial charge >= 0.3 is 0 Å². The third-order valence-electron chi connectivity index (χ3n) is 4.32. The molecule has 0 spiro atoms. The van der Waals surface area contributed by atoms with Gasteiger partial charge in [0.25, 0.3) is 0 Å². The molecule has 17 heavy (non-hydrogen) atoms. The van der Waals surface area contributed by atoms with Crippen molar-refractivity contribution in [2.75, 3.05) is 0 Å². The van der Waals surface area contributed by atoms with Crippen LogP contribution >= 0.6 is 0 Å². The SMILES string of the molecule is CC1(c2nnc(CO)n2C2CC2)CCCCC1. The Morgan fingerprint density at radius 1 is 1.24 bits per heavy atom. The van der Waals surface area contributed by atoms with Crippen LogP contribution in [-0.2, 0) is 12.0 Å². The van der Waals surface area contributed by atoms with E-state index in [0.29, 0.717) is 6.04 Å². The molecule has 1 aromatic heterocycles. The molecule has 0 bridgehead atoms. The van der Waals surface area contributed by atoms with Crippen molar-refractivity contribution in [1.29, 1.82) is 0 Å². The second kappa shape index (κ2) is 4.09. The van der Waals surface area contributed by atoms with Crippen LogP contribution in [-0.4, -0.2) is 19.9 Å². The molecule has 0 radical (unpaired) electrons. The zero-order chi connectivity index (χ0) is 11.9. The van der Waals surface area contributed by atoms with Crippen molar-refractivity contribution in [3.63, 3.8) is 0 Å². The summed E-state index contributed by atoms with van der Waals surface area (Å²) in [4.78, 5) is 0. The summed E-state index contributed by atoms with van der Waals surface area (Å²) in [6.45, 7) is 2.33. The maximum absolute atomic E-state index is 9.37. The molecule has 1 aromatic rings. The lowest BCUT2D eigenvalue weighted by Crippen LogP contribution is -2.29. The van der Waals surface area contributed by atoms with E-state index in [1.165, 1.54) is 44.9 Å². The molecule has 0 saturated heterocycles. The summed E-state index contributed by atoms with van der Waals surface area (Å²) >= 11 is 0. The van der Waals surface area contributed by atoms with Gasteiger partial charge in [0.05, 0.1) is 0 Å². The van der Waals surface area contributed by atoms with Crippen LogP contribution in [0.25, 0.3) is 0 Å². The normalized spacial score (nSPS) is 23.9. The molecule has 2 saturated carbocycles. The monoisotopic (exact) mass is 235 g/mol. The number of aromatic nitrogens is 3. The van der Waals surface area contributed by atoms with Gasteiger partial charge in [-0.15, -0.1) is 10.2 Å². The molecule has 0 aliphatic heterocycles. The van der Waals surface area contributed by atoms with Crippen molar-refractivity contribution >= 4 is 0 Å². The number of aliphatic hydroxyl groups is 1. The first-order valence-corrected chi connectivity index (χ1v) is 6.80. The minimum Gasteiger partial charge on any atom is -0.388 e. The highest BCUT2D eigenvalue weighted by Gasteiger charge is 2.38. The average molecular weight is 235 g/mol. The van der Waals surface area contributed by atoms with Crippen LogP contribution in [0.3, 0.4) is 0 Å². The van der Waals surface area contributed by atoms with Gasteiger partial charge in [0, 0.05) is 11.5 Å². The molecule has 3 rings (SSSR count). The largest absolute Gasteiger partial charge is 0.388 e. The van der Waals surface area contributed by atoms with Crippen LogP contribution in [0.4, 0.5) is 0 Å². The topological polar surface area (TPSA) is 50.9 Å². The van der Waals surface area contributed by atoms with Crippen LogP contribution < -0.4 is 0 Å². The minimum absolute atomic E-state index is 0.0135. The van der Waals surface area contributed by atoms with Crippen molar-refractivity contribution in [3.8, 4) is 0 Å². The Kier molecular flexibility index (Phi) is 2.69. The zero-order valence-corrected chi connectivity index (χ0v) is 10.5. The number of rotatable bonds is 3. The fraction of sp³-hybridized carbons (Fsp3) is 0.846. The molecular weight excluding hydrogens is 214 g/mol. The van der Waals surface area contributed by atoms with E-state index < -0.39 is 0 Å². The molecule has 0 unspecified atom stereocenters. The molecule has 4 nitrogen and oxygen atoms in total. The van der Waals surface area contributed by atoms with Crippen LogP contribution in [0, 0.1) is 0 Å². The van der Waals surface area contributed by atoms with Gasteiger partial charge in [-0.3, -0.25) is 0 Å². The molecule has 94 valence electrons. The molecule has 2 aliphatic rings. The van der Waals surface area contributed by atoms with Gasteiger partial charge in [0.1, 0.15) is 12.4 Å². The zero-order valence-electron chi connectivity index (χ0n) is 10.5. The first kappa shape index (κ1) is 11.2. The van der Waals surface area contributed by atoms with E-state index in [2.05, 4.69) is 21.7 Å². The van der Waals surface area contributed by atoms with Crippen LogP contribution in [0.2, 0.25) is 0 Å². The summed E-state index contributed by atoms with van der Waals surface area (Å²) in [7, 11) is 0. The Labute approximate surface area is 102 Å². The lowest BCUT2D eigenvalue weighted by atomic mass is 9.75. The van der Waals surface area contributed by atoms with E-state index >= 15 is 0 Å². The molecule has 1 N–H and O–H groups in total. The van der Waals surface area contributed by atoms with Gasteiger partial charge in [0.2, 0.25) is 0 Å². The van der Waals surface area contributed by atoms with Crippen LogP contribution in [0.1, 0.15) is 69.6 Å². The minimum atomic E-state index is 0.0135.